The molecule has 126 valence electrons. The van der Waals surface area contributed by atoms with Gasteiger partial charge in [0.2, 0.25) is 5.91 Å². The van der Waals surface area contributed by atoms with Gasteiger partial charge in [0.1, 0.15) is 0 Å². The van der Waals surface area contributed by atoms with Crippen LogP contribution < -0.4 is 4.90 Å². The third-order valence-electron chi connectivity index (χ3n) is 5.08. The number of aliphatic hydroxyl groups excluding tert-OH is 1. The van der Waals surface area contributed by atoms with E-state index < -0.39 is 6.10 Å². The van der Waals surface area contributed by atoms with Gasteiger partial charge < -0.3 is 19.8 Å². The maximum atomic E-state index is 11.6. The average Bonchev–Trinajstić information content (AvgIpc) is 2.97. The van der Waals surface area contributed by atoms with Crippen molar-refractivity contribution in [1.82, 2.24) is 9.80 Å². The van der Waals surface area contributed by atoms with Crippen LogP contribution in [0.5, 0.6) is 0 Å². The molecular formula is C18H27N3O2. The first kappa shape index (κ1) is 16.4. The first-order valence-corrected chi connectivity index (χ1v) is 8.54. The molecule has 1 saturated heterocycles. The van der Waals surface area contributed by atoms with Gasteiger partial charge in [-0.3, -0.25) is 4.79 Å². The van der Waals surface area contributed by atoms with Gasteiger partial charge >= 0.3 is 0 Å². The predicted octanol–water partition coefficient (Wildman–Crippen LogP) is 1.27. The smallest absolute Gasteiger partial charge is 0.223 e. The Morgan fingerprint density at radius 1 is 1.22 bits per heavy atom. The number of benzene rings is 1. The van der Waals surface area contributed by atoms with Gasteiger partial charge in [-0.25, -0.2) is 0 Å². The minimum atomic E-state index is -0.425. The lowest BCUT2D eigenvalue weighted by Gasteiger charge is -2.32. The Bertz CT molecular complexity index is 567. The van der Waals surface area contributed by atoms with E-state index in [-0.39, 0.29) is 5.91 Å². The molecule has 0 aliphatic carbocycles. The minimum absolute atomic E-state index is 0.0899. The van der Waals surface area contributed by atoms with E-state index in [0.717, 1.165) is 63.4 Å². The Labute approximate surface area is 138 Å². The van der Waals surface area contributed by atoms with Crippen molar-refractivity contribution < 1.29 is 9.90 Å². The van der Waals surface area contributed by atoms with Gasteiger partial charge in [-0.1, -0.05) is 12.1 Å². The zero-order valence-corrected chi connectivity index (χ0v) is 14.2. The molecule has 0 radical (unpaired) electrons. The predicted molar refractivity (Wildman–Crippen MR) is 91.7 cm³/mol. The Kier molecular flexibility index (Phi) is 4.99. The van der Waals surface area contributed by atoms with Crippen molar-refractivity contribution in [1.29, 1.82) is 0 Å². The van der Waals surface area contributed by atoms with Crippen LogP contribution in [0.25, 0.3) is 0 Å². The summed E-state index contributed by atoms with van der Waals surface area (Å²) >= 11 is 0. The molecule has 2 heterocycles. The van der Waals surface area contributed by atoms with Gasteiger partial charge in [0.15, 0.2) is 0 Å². The van der Waals surface area contributed by atoms with Gasteiger partial charge in [-0.15, -0.1) is 0 Å². The van der Waals surface area contributed by atoms with Gasteiger partial charge in [-0.05, 0) is 37.1 Å². The molecule has 23 heavy (non-hydrogen) atoms. The highest BCUT2D eigenvalue weighted by atomic mass is 16.3. The average molecular weight is 317 g/mol. The third-order valence-corrected chi connectivity index (χ3v) is 5.08. The number of carbonyl (C=O) groups excluding carboxylic acids is 1. The number of rotatable bonds is 4. The van der Waals surface area contributed by atoms with Crippen LogP contribution in [0.2, 0.25) is 0 Å². The van der Waals surface area contributed by atoms with Crippen molar-refractivity contribution in [3.05, 3.63) is 29.3 Å². The van der Waals surface area contributed by atoms with Gasteiger partial charge in [-0.2, -0.15) is 0 Å². The van der Waals surface area contributed by atoms with Crippen molar-refractivity contribution in [3.63, 3.8) is 0 Å². The van der Waals surface area contributed by atoms with Crippen molar-refractivity contribution in [2.75, 3.05) is 51.2 Å². The fraction of sp³-hybridized carbons (Fsp3) is 0.611. The Balaban J connectivity index is 1.58. The molecule has 1 aromatic carbocycles. The van der Waals surface area contributed by atoms with Crippen LogP contribution in [0.15, 0.2) is 18.2 Å². The largest absolute Gasteiger partial charge is 0.388 e. The van der Waals surface area contributed by atoms with Crippen LogP contribution in [0.1, 0.15) is 30.6 Å². The summed E-state index contributed by atoms with van der Waals surface area (Å²) in [6.07, 6.45) is 1.22. The normalized spacial score (nSPS) is 20.6. The fourth-order valence-corrected chi connectivity index (χ4v) is 3.50. The van der Waals surface area contributed by atoms with E-state index >= 15 is 0 Å². The van der Waals surface area contributed by atoms with Gasteiger partial charge in [0, 0.05) is 51.9 Å². The van der Waals surface area contributed by atoms with Crippen LogP contribution >= 0.6 is 0 Å². The maximum Gasteiger partial charge on any atom is 0.223 e. The van der Waals surface area contributed by atoms with Crippen LogP contribution in [0, 0.1) is 0 Å². The fourth-order valence-electron chi connectivity index (χ4n) is 3.50. The molecule has 1 aromatic rings. The number of fused-ring (bicyclic) bond motifs is 1. The summed E-state index contributed by atoms with van der Waals surface area (Å²) in [7, 11) is 2.15. The number of carbonyl (C=O) groups is 1. The van der Waals surface area contributed by atoms with E-state index in [9.17, 15) is 9.90 Å². The van der Waals surface area contributed by atoms with E-state index in [1.54, 1.807) is 6.92 Å². The monoisotopic (exact) mass is 317 g/mol. The number of piperazine rings is 1. The molecule has 0 aromatic heterocycles. The summed E-state index contributed by atoms with van der Waals surface area (Å²) in [5.41, 5.74) is 3.16. The molecule has 1 fully saturated rings. The summed E-state index contributed by atoms with van der Waals surface area (Å²) < 4.78 is 0. The topological polar surface area (TPSA) is 47.0 Å². The molecule has 5 heteroatoms. The van der Waals surface area contributed by atoms with E-state index in [1.165, 1.54) is 5.56 Å². The van der Waals surface area contributed by atoms with Crippen LogP contribution in [0.3, 0.4) is 0 Å². The van der Waals surface area contributed by atoms with E-state index in [2.05, 4.69) is 22.9 Å². The second kappa shape index (κ2) is 6.99. The first-order valence-electron chi connectivity index (χ1n) is 8.54. The van der Waals surface area contributed by atoms with E-state index in [4.69, 9.17) is 0 Å². The number of amides is 1. The number of hydrogen-bond acceptors (Lipinski definition) is 4. The lowest BCUT2D eigenvalue weighted by Crippen LogP contribution is -2.44. The van der Waals surface area contributed by atoms with E-state index in [0.29, 0.717) is 0 Å². The third kappa shape index (κ3) is 3.74. The summed E-state index contributed by atoms with van der Waals surface area (Å²) in [5.74, 6) is 0.0899. The maximum absolute atomic E-state index is 11.6. The van der Waals surface area contributed by atoms with Crippen LogP contribution in [-0.2, 0) is 11.2 Å². The number of likely N-dealkylation sites (N-methyl/N-ethyl adjacent to an activating group) is 1. The highest BCUT2D eigenvalue weighted by Gasteiger charge is 2.23. The van der Waals surface area contributed by atoms with Crippen molar-refractivity contribution in [2.45, 2.75) is 25.9 Å². The molecule has 1 N–H and O–H groups in total. The summed E-state index contributed by atoms with van der Waals surface area (Å²) in [6, 6.07) is 6.03. The van der Waals surface area contributed by atoms with E-state index in [1.807, 2.05) is 17.0 Å². The van der Waals surface area contributed by atoms with Crippen LogP contribution in [0.4, 0.5) is 5.69 Å². The van der Waals surface area contributed by atoms with Crippen molar-refractivity contribution >= 4 is 11.6 Å². The summed E-state index contributed by atoms with van der Waals surface area (Å²) in [4.78, 5) is 18.2. The molecule has 0 bridgehead atoms. The molecule has 2 aliphatic heterocycles. The van der Waals surface area contributed by atoms with Gasteiger partial charge in [0.05, 0.1) is 6.10 Å². The first-order chi connectivity index (χ1) is 11.0. The molecule has 0 saturated carbocycles. The number of hydrogen-bond donors (Lipinski definition) is 1. The Morgan fingerprint density at radius 3 is 2.65 bits per heavy atom. The Hall–Kier alpha value is -1.43. The van der Waals surface area contributed by atoms with Crippen molar-refractivity contribution in [3.8, 4) is 0 Å². The number of anilines is 1. The van der Waals surface area contributed by atoms with Crippen LogP contribution in [-0.4, -0.2) is 67.1 Å². The Morgan fingerprint density at radius 2 is 1.96 bits per heavy atom. The quantitative estimate of drug-likeness (QED) is 0.908. The van der Waals surface area contributed by atoms with Crippen molar-refractivity contribution in [2.24, 2.45) is 0 Å². The lowest BCUT2D eigenvalue weighted by atomic mass is 10.0. The molecule has 5 nitrogen and oxygen atoms in total. The molecule has 0 spiro atoms. The molecule has 1 amide bonds. The standard InChI is InChI=1S/C18H27N3O2/c1-14(22)21-8-5-15-13-16(3-4-17(15)21)18(23)6-7-20-11-9-19(2)10-12-20/h3-4,13,18,23H,5-12H2,1-2H3. The molecule has 3 rings (SSSR count). The second-order valence-corrected chi connectivity index (χ2v) is 6.76. The molecule has 2 aliphatic rings. The molecule has 1 unspecified atom stereocenters. The number of nitrogens with zero attached hydrogens (tertiary/aromatic N) is 3. The SMILES string of the molecule is CC(=O)N1CCc2cc(C(O)CCN3CCN(C)CC3)ccc21. The zero-order valence-electron chi connectivity index (χ0n) is 14.2. The lowest BCUT2D eigenvalue weighted by molar-refractivity contribution is -0.116. The summed E-state index contributed by atoms with van der Waals surface area (Å²) in [5, 5.41) is 10.5. The minimum Gasteiger partial charge on any atom is -0.388 e. The highest BCUT2D eigenvalue weighted by Crippen LogP contribution is 2.31. The zero-order chi connectivity index (χ0) is 16.4. The highest BCUT2D eigenvalue weighted by molar-refractivity contribution is 5.93. The second-order valence-electron chi connectivity index (χ2n) is 6.76. The molecular weight excluding hydrogens is 290 g/mol. The summed E-state index contributed by atoms with van der Waals surface area (Å²) in [6.45, 7) is 7.68. The molecule has 1 atom stereocenters. The number of aliphatic hydroxyl groups is 1. The van der Waals surface area contributed by atoms with Gasteiger partial charge in [0.25, 0.3) is 0 Å².